The Labute approximate surface area is 89.7 Å². The first-order valence-corrected chi connectivity index (χ1v) is 4.53. The van der Waals surface area contributed by atoms with Crippen LogP contribution in [0.4, 0.5) is 17.6 Å². The maximum absolute atomic E-state index is 12.9. The number of hydrogen-bond donors (Lipinski definition) is 2. The first-order valence-electron chi connectivity index (χ1n) is 4.53. The SMILES string of the molecule is C[C@@H](O)[C@@H](N)c1cc(F)cc(C(F)(F)F)c1. The van der Waals surface area contributed by atoms with E-state index in [2.05, 4.69) is 0 Å². The maximum Gasteiger partial charge on any atom is 0.416 e. The number of hydrogen-bond acceptors (Lipinski definition) is 2. The van der Waals surface area contributed by atoms with Crippen LogP contribution in [0.3, 0.4) is 0 Å². The van der Waals surface area contributed by atoms with Crippen LogP contribution in [0.1, 0.15) is 24.1 Å². The minimum Gasteiger partial charge on any atom is -0.391 e. The van der Waals surface area contributed by atoms with E-state index in [0.717, 1.165) is 12.1 Å². The molecule has 2 atom stereocenters. The molecule has 6 heteroatoms. The molecule has 0 saturated heterocycles. The van der Waals surface area contributed by atoms with Crippen LogP contribution < -0.4 is 5.73 Å². The smallest absolute Gasteiger partial charge is 0.391 e. The van der Waals surface area contributed by atoms with E-state index in [1.807, 2.05) is 0 Å². The van der Waals surface area contributed by atoms with Crippen LogP contribution >= 0.6 is 0 Å². The predicted octanol–water partition coefficient (Wildman–Crippen LogP) is 2.23. The Morgan fingerprint density at radius 2 is 1.81 bits per heavy atom. The van der Waals surface area contributed by atoms with Crippen molar-refractivity contribution in [1.82, 2.24) is 0 Å². The van der Waals surface area contributed by atoms with Gasteiger partial charge in [-0.1, -0.05) is 0 Å². The molecule has 0 aliphatic rings. The molecule has 0 fully saturated rings. The molecule has 0 bridgehead atoms. The van der Waals surface area contributed by atoms with E-state index in [1.165, 1.54) is 6.92 Å². The lowest BCUT2D eigenvalue weighted by molar-refractivity contribution is -0.137. The van der Waals surface area contributed by atoms with Crippen molar-refractivity contribution < 1.29 is 22.7 Å². The van der Waals surface area contributed by atoms with Crippen molar-refractivity contribution in [3.8, 4) is 0 Å². The second-order valence-corrected chi connectivity index (χ2v) is 3.54. The van der Waals surface area contributed by atoms with E-state index in [0.29, 0.717) is 6.07 Å². The average molecular weight is 237 g/mol. The predicted molar refractivity (Wildman–Crippen MR) is 50.0 cm³/mol. The lowest BCUT2D eigenvalue weighted by Gasteiger charge is -2.17. The Kier molecular flexibility index (Phi) is 3.54. The summed E-state index contributed by atoms with van der Waals surface area (Å²) in [5.41, 5.74) is 4.24. The van der Waals surface area contributed by atoms with Crippen molar-refractivity contribution >= 4 is 0 Å². The van der Waals surface area contributed by atoms with Gasteiger partial charge in [-0.15, -0.1) is 0 Å². The number of benzene rings is 1. The number of alkyl halides is 3. The first kappa shape index (κ1) is 12.9. The standard InChI is InChI=1S/C10H11F4NO/c1-5(16)9(15)6-2-7(10(12,13)14)4-8(11)3-6/h2-5,9,16H,15H2,1H3/t5-,9-/m1/s1. The molecule has 1 aromatic rings. The number of aliphatic hydroxyl groups is 1. The molecule has 2 nitrogen and oxygen atoms in total. The molecule has 3 N–H and O–H groups in total. The fourth-order valence-electron chi connectivity index (χ4n) is 1.25. The number of halogens is 4. The van der Waals surface area contributed by atoms with Gasteiger partial charge in [0.05, 0.1) is 17.7 Å². The van der Waals surface area contributed by atoms with Gasteiger partial charge in [-0.25, -0.2) is 4.39 Å². The van der Waals surface area contributed by atoms with Crippen molar-refractivity contribution in [2.45, 2.75) is 25.2 Å². The fourth-order valence-corrected chi connectivity index (χ4v) is 1.25. The van der Waals surface area contributed by atoms with E-state index < -0.39 is 29.7 Å². The van der Waals surface area contributed by atoms with Gasteiger partial charge in [-0.2, -0.15) is 13.2 Å². The molecule has 0 heterocycles. The molecule has 1 aromatic carbocycles. The van der Waals surface area contributed by atoms with Crippen molar-refractivity contribution in [3.05, 3.63) is 35.1 Å². The van der Waals surface area contributed by atoms with E-state index in [-0.39, 0.29) is 5.56 Å². The zero-order chi connectivity index (χ0) is 12.5. The minimum atomic E-state index is -4.63. The highest BCUT2D eigenvalue weighted by Gasteiger charge is 2.32. The summed E-state index contributed by atoms with van der Waals surface area (Å²) in [6.45, 7) is 1.32. The molecule has 0 spiro atoms. The van der Waals surface area contributed by atoms with E-state index in [1.54, 1.807) is 0 Å². The van der Waals surface area contributed by atoms with Gasteiger partial charge < -0.3 is 10.8 Å². The minimum absolute atomic E-state index is 0.0812. The average Bonchev–Trinajstić information content (AvgIpc) is 2.14. The topological polar surface area (TPSA) is 46.2 Å². The van der Waals surface area contributed by atoms with E-state index >= 15 is 0 Å². The summed E-state index contributed by atoms with van der Waals surface area (Å²) in [6.07, 6.45) is -5.68. The number of aliphatic hydroxyl groups excluding tert-OH is 1. The lowest BCUT2D eigenvalue weighted by Crippen LogP contribution is -2.24. The highest BCUT2D eigenvalue weighted by atomic mass is 19.4. The van der Waals surface area contributed by atoms with Crippen LogP contribution in [0.25, 0.3) is 0 Å². The van der Waals surface area contributed by atoms with Gasteiger partial charge in [0.2, 0.25) is 0 Å². The summed E-state index contributed by atoms with van der Waals surface area (Å²) >= 11 is 0. The van der Waals surface area contributed by atoms with Gasteiger partial charge in [-0.05, 0) is 30.7 Å². The molecule has 0 aliphatic heterocycles. The molecule has 16 heavy (non-hydrogen) atoms. The third kappa shape index (κ3) is 2.93. The molecule has 0 unspecified atom stereocenters. The summed E-state index contributed by atoms with van der Waals surface area (Å²) < 4.78 is 50.0. The third-order valence-electron chi connectivity index (χ3n) is 2.15. The largest absolute Gasteiger partial charge is 0.416 e. The Morgan fingerprint density at radius 3 is 2.25 bits per heavy atom. The third-order valence-corrected chi connectivity index (χ3v) is 2.15. The lowest BCUT2D eigenvalue weighted by atomic mass is 10.0. The summed E-state index contributed by atoms with van der Waals surface area (Å²) in [7, 11) is 0. The Bertz CT molecular complexity index is 376. The van der Waals surface area contributed by atoms with Crippen molar-refractivity contribution in [2.75, 3.05) is 0 Å². The zero-order valence-electron chi connectivity index (χ0n) is 8.42. The van der Waals surface area contributed by atoms with Crippen LogP contribution in [-0.2, 0) is 6.18 Å². The molecular formula is C10H11F4NO. The van der Waals surface area contributed by atoms with Crippen LogP contribution in [0.15, 0.2) is 18.2 Å². The van der Waals surface area contributed by atoms with Crippen molar-refractivity contribution in [2.24, 2.45) is 5.73 Å². The highest BCUT2D eigenvalue weighted by Crippen LogP contribution is 2.31. The molecule has 90 valence electrons. The molecule has 0 saturated carbocycles. The molecule has 0 aliphatic carbocycles. The van der Waals surface area contributed by atoms with Gasteiger partial charge in [-0.3, -0.25) is 0 Å². The highest BCUT2D eigenvalue weighted by molar-refractivity contribution is 5.29. The maximum atomic E-state index is 12.9. The summed E-state index contributed by atoms with van der Waals surface area (Å²) in [4.78, 5) is 0. The Balaban J connectivity index is 3.18. The molecule has 0 radical (unpaired) electrons. The van der Waals surface area contributed by atoms with Gasteiger partial charge in [0.1, 0.15) is 5.82 Å². The van der Waals surface area contributed by atoms with Gasteiger partial charge in [0.25, 0.3) is 0 Å². The van der Waals surface area contributed by atoms with Crippen LogP contribution in [0.2, 0.25) is 0 Å². The molecule has 0 amide bonds. The quantitative estimate of drug-likeness (QED) is 0.775. The van der Waals surface area contributed by atoms with Crippen molar-refractivity contribution in [3.63, 3.8) is 0 Å². The molecule has 0 aromatic heterocycles. The Morgan fingerprint density at radius 1 is 1.25 bits per heavy atom. The van der Waals surface area contributed by atoms with Crippen molar-refractivity contribution in [1.29, 1.82) is 0 Å². The normalized spacial score (nSPS) is 15.9. The van der Waals surface area contributed by atoms with Crippen LogP contribution in [-0.4, -0.2) is 11.2 Å². The molecule has 1 rings (SSSR count). The summed E-state index contributed by atoms with van der Waals surface area (Å²) in [5.74, 6) is -1.03. The Hall–Kier alpha value is -1.14. The monoisotopic (exact) mass is 237 g/mol. The van der Waals surface area contributed by atoms with Gasteiger partial charge in [0, 0.05) is 0 Å². The van der Waals surface area contributed by atoms with Crippen LogP contribution in [0.5, 0.6) is 0 Å². The zero-order valence-corrected chi connectivity index (χ0v) is 8.42. The number of nitrogens with two attached hydrogens (primary N) is 1. The summed E-state index contributed by atoms with van der Waals surface area (Å²) in [6, 6.07) is 0.961. The second kappa shape index (κ2) is 4.39. The van der Waals surface area contributed by atoms with Gasteiger partial charge in [0.15, 0.2) is 0 Å². The second-order valence-electron chi connectivity index (χ2n) is 3.54. The van der Waals surface area contributed by atoms with E-state index in [9.17, 15) is 17.6 Å². The van der Waals surface area contributed by atoms with Gasteiger partial charge >= 0.3 is 6.18 Å². The number of rotatable bonds is 2. The molecular weight excluding hydrogens is 226 g/mol. The fraction of sp³-hybridized carbons (Fsp3) is 0.400. The van der Waals surface area contributed by atoms with E-state index in [4.69, 9.17) is 10.8 Å². The summed E-state index contributed by atoms with van der Waals surface area (Å²) in [5, 5.41) is 9.13. The van der Waals surface area contributed by atoms with Crippen LogP contribution in [0, 0.1) is 5.82 Å². The first-order chi connectivity index (χ1) is 7.21.